The Balaban J connectivity index is 3.40. The van der Waals surface area contributed by atoms with E-state index in [9.17, 15) is 0 Å². The standard InChI is InChI=1S/C13H12N2O2S/c1-16-11-6-13(18-3)12(17-2)5-10(11)4-9(7-14)8-15/h4-6H,1-3H3. The monoisotopic (exact) mass is 260 g/mol. The summed E-state index contributed by atoms with van der Waals surface area (Å²) in [6.07, 6.45) is 3.41. The molecule has 0 atom stereocenters. The highest BCUT2D eigenvalue weighted by molar-refractivity contribution is 7.98. The largest absolute Gasteiger partial charge is 0.496 e. The average molecular weight is 260 g/mol. The van der Waals surface area contributed by atoms with Crippen LogP contribution in [0.2, 0.25) is 0 Å². The van der Waals surface area contributed by atoms with Crippen molar-refractivity contribution in [2.75, 3.05) is 20.5 Å². The highest BCUT2D eigenvalue weighted by Gasteiger charge is 2.10. The molecular formula is C13H12N2O2S. The Morgan fingerprint density at radius 1 is 1.17 bits per heavy atom. The zero-order chi connectivity index (χ0) is 13.5. The lowest BCUT2D eigenvalue weighted by atomic mass is 10.1. The molecule has 0 aliphatic carbocycles. The van der Waals surface area contributed by atoms with E-state index in [1.54, 1.807) is 20.3 Å². The van der Waals surface area contributed by atoms with Crippen molar-refractivity contribution in [3.63, 3.8) is 0 Å². The van der Waals surface area contributed by atoms with Crippen LogP contribution in [0.4, 0.5) is 0 Å². The molecular weight excluding hydrogens is 248 g/mol. The zero-order valence-electron chi connectivity index (χ0n) is 10.4. The van der Waals surface area contributed by atoms with Crippen LogP contribution in [-0.4, -0.2) is 20.5 Å². The molecule has 0 saturated carbocycles. The molecule has 0 unspecified atom stereocenters. The van der Waals surface area contributed by atoms with Gasteiger partial charge in [-0.05, 0) is 24.5 Å². The van der Waals surface area contributed by atoms with Gasteiger partial charge >= 0.3 is 0 Å². The predicted molar refractivity (Wildman–Crippen MR) is 70.5 cm³/mol. The summed E-state index contributed by atoms with van der Waals surface area (Å²) in [5.74, 6) is 1.29. The molecule has 4 nitrogen and oxygen atoms in total. The number of ether oxygens (including phenoxy) is 2. The molecule has 1 aromatic rings. The molecule has 5 heteroatoms. The van der Waals surface area contributed by atoms with E-state index in [4.69, 9.17) is 20.0 Å². The maximum atomic E-state index is 8.76. The van der Waals surface area contributed by atoms with Crippen LogP contribution >= 0.6 is 11.8 Å². The maximum absolute atomic E-state index is 8.76. The molecule has 18 heavy (non-hydrogen) atoms. The number of allylic oxidation sites excluding steroid dienone is 1. The summed E-state index contributed by atoms with van der Waals surface area (Å²) in [6, 6.07) is 7.20. The van der Waals surface area contributed by atoms with Gasteiger partial charge in [0.2, 0.25) is 0 Å². The smallest absolute Gasteiger partial charge is 0.133 e. The van der Waals surface area contributed by atoms with Crippen molar-refractivity contribution in [1.82, 2.24) is 0 Å². The normalized spacial score (nSPS) is 8.94. The summed E-state index contributed by atoms with van der Waals surface area (Å²) in [5, 5.41) is 17.5. The summed E-state index contributed by atoms with van der Waals surface area (Å²) in [6.45, 7) is 0. The summed E-state index contributed by atoms with van der Waals surface area (Å²) in [7, 11) is 3.12. The number of thioether (sulfide) groups is 1. The number of hydrogen-bond acceptors (Lipinski definition) is 5. The van der Waals surface area contributed by atoms with Crippen LogP contribution < -0.4 is 9.47 Å². The molecule has 0 aromatic heterocycles. The highest BCUT2D eigenvalue weighted by Crippen LogP contribution is 2.35. The first-order valence-corrected chi connectivity index (χ1v) is 6.24. The Hall–Kier alpha value is -2.11. The van der Waals surface area contributed by atoms with Crippen LogP contribution in [0.5, 0.6) is 11.5 Å². The van der Waals surface area contributed by atoms with Crippen LogP contribution in [0, 0.1) is 22.7 Å². The van der Waals surface area contributed by atoms with E-state index in [0.29, 0.717) is 17.1 Å². The lowest BCUT2D eigenvalue weighted by Crippen LogP contribution is -1.92. The van der Waals surface area contributed by atoms with Gasteiger partial charge in [0.25, 0.3) is 0 Å². The zero-order valence-corrected chi connectivity index (χ0v) is 11.2. The average Bonchev–Trinajstić information content (AvgIpc) is 2.43. The van der Waals surface area contributed by atoms with Crippen molar-refractivity contribution in [3.05, 3.63) is 23.3 Å². The molecule has 0 heterocycles. The molecule has 0 radical (unpaired) electrons. The molecule has 0 saturated heterocycles. The van der Waals surface area contributed by atoms with Crippen molar-refractivity contribution >= 4 is 17.8 Å². The molecule has 0 N–H and O–H groups in total. The summed E-state index contributed by atoms with van der Waals surface area (Å²) in [5.41, 5.74) is 0.664. The summed E-state index contributed by atoms with van der Waals surface area (Å²) >= 11 is 1.53. The third-order valence-electron chi connectivity index (χ3n) is 2.28. The van der Waals surface area contributed by atoms with Crippen molar-refractivity contribution in [1.29, 1.82) is 10.5 Å². The molecule has 1 aromatic carbocycles. The quantitative estimate of drug-likeness (QED) is 0.615. The van der Waals surface area contributed by atoms with Gasteiger partial charge in [-0.25, -0.2) is 0 Å². The fraction of sp³-hybridized carbons (Fsp3) is 0.231. The third kappa shape index (κ3) is 2.97. The number of nitriles is 2. The van der Waals surface area contributed by atoms with Gasteiger partial charge in [0.15, 0.2) is 0 Å². The number of methoxy groups -OCH3 is 2. The van der Waals surface area contributed by atoms with Gasteiger partial charge in [-0.15, -0.1) is 11.8 Å². The molecule has 1 rings (SSSR count). The minimum Gasteiger partial charge on any atom is -0.496 e. The molecule has 0 bridgehead atoms. The Bertz CT molecular complexity index is 537. The fourth-order valence-electron chi connectivity index (χ4n) is 1.41. The molecule has 0 amide bonds. The van der Waals surface area contributed by atoms with E-state index in [0.717, 1.165) is 4.90 Å². The van der Waals surface area contributed by atoms with Crippen molar-refractivity contribution in [3.8, 4) is 23.6 Å². The van der Waals surface area contributed by atoms with Crippen LogP contribution in [0.3, 0.4) is 0 Å². The van der Waals surface area contributed by atoms with Crippen LogP contribution in [0.1, 0.15) is 5.56 Å². The third-order valence-corrected chi connectivity index (χ3v) is 3.04. The van der Waals surface area contributed by atoms with E-state index in [-0.39, 0.29) is 5.57 Å². The van der Waals surface area contributed by atoms with Crippen LogP contribution in [-0.2, 0) is 0 Å². The Kier molecular flexibility index (Phi) is 5.10. The van der Waals surface area contributed by atoms with E-state index >= 15 is 0 Å². The number of nitrogens with zero attached hydrogens (tertiary/aromatic N) is 2. The first-order chi connectivity index (χ1) is 8.69. The summed E-state index contributed by atoms with van der Waals surface area (Å²) < 4.78 is 10.5. The lowest BCUT2D eigenvalue weighted by molar-refractivity contribution is 0.393. The van der Waals surface area contributed by atoms with Gasteiger partial charge in [0.05, 0.1) is 19.1 Å². The van der Waals surface area contributed by atoms with Gasteiger partial charge in [-0.2, -0.15) is 10.5 Å². The molecule has 0 fully saturated rings. The van der Waals surface area contributed by atoms with Crippen molar-refractivity contribution in [2.45, 2.75) is 4.90 Å². The van der Waals surface area contributed by atoms with E-state index in [1.807, 2.05) is 24.5 Å². The van der Waals surface area contributed by atoms with Gasteiger partial charge < -0.3 is 9.47 Å². The molecule has 92 valence electrons. The number of benzene rings is 1. The van der Waals surface area contributed by atoms with E-state index in [2.05, 4.69) is 0 Å². The second kappa shape index (κ2) is 6.58. The highest BCUT2D eigenvalue weighted by atomic mass is 32.2. The van der Waals surface area contributed by atoms with Crippen molar-refractivity contribution < 1.29 is 9.47 Å². The maximum Gasteiger partial charge on any atom is 0.133 e. The Morgan fingerprint density at radius 2 is 1.78 bits per heavy atom. The Morgan fingerprint density at radius 3 is 2.22 bits per heavy atom. The second-order valence-electron chi connectivity index (χ2n) is 3.23. The second-order valence-corrected chi connectivity index (χ2v) is 4.08. The van der Waals surface area contributed by atoms with E-state index in [1.165, 1.54) is 17.8 Å². The topological polar surface area (TPSA) is 66.0 Å². The van der Waals surface area contributed by atoms with E-state index < -0.39 is 0 Å². The van der Waals surface area contributed by atoms with Crippen LogP contribution in [0.15, 0.2) is 22.6 Å². The first-order valence-electron chi connectivity index (χ1n) is 5.02. The minimum atomic E-state index is 0.0206. The van der Waals surface area contributed by atoms with Crippen LogP contribution in [0.25, 0.3) is 6.08 Å². The van der Waals surface area contributed by atoms with Gasteiger partial charge in [-0.1, -0.05) is 0 Å². The Labute approximate surface area is 110 Å². The van der Waals surface area contributed by atoms with Gasteiger partial charge in [0.1, 0.15) is 29.2 Å². The fourth-order valence-corrected chi connectivity index (χ4v) is 1.98. The molecule has 0 spiro atoms. The molecule has 0 aliphatic heterocycles. The number of hydrogen-bond donors (Lipinski definition) is 0. The SMILES string of the molecule is COc1cc(SC)c(OC)cc1C=C(C#N)C#N. The van der Waals surface area contributed by atoms with Crippen molar-refractivity contribution in [2.24, 2.45) is 0 Å². The predicted octanol–water partition coefficient (Wildman–Crippen LogP) is 2.86. The number of rotatable bonds is 4. The first kappa shape index (κ1) is 14.0. The lowest BCUT2D eigenvalue weighted by Gasteiger charge is -2.11. The minimum absolute atomic E-state index is 0.0206. The molecule has 0 aliphatic rings. The summed E-state index contributed by atoms with van der Waals surface area (Å²) in [4.78, 5) is 0.932. The van der Waals surface area contributed by atoms with Gasteiger partial charge in [-0.3, -0.25) is 0 Å². The van der Waals surface area contributed by atoms with Gasteiger partial charge in [0, 0.05) is 5.56 Å².